The SMILES string of the molecule is Cc1cnc(CNc2ncc3ccccc3n2)s1. The van der Waals surface area contributed by atoms with Crippen LogP contribution in [0.3, 0.4) is 0 Å². The molecule has 0 unspecified atom stereocenters. The van der Waals surface area contributed by atoms with Crippen LogP contribution >= 0.6 is 11.3 Å². The normalized spacial score (nSPS) is 10.7. The molecule has 0 atom stereocenters. The van der Waals surface area contributed by atoms with Gasteiger partial charge < -0.3 is 5.32 Å². The molecule has 90 valence electrons. The van der Waals surface area contributed by atoms with Gasteiger partial charge in [-0.3, -0.25) is 0 Å². The van der Waals surface area contributed by atoms with E-state index in [1.165, 1.54) is 4.88 Å². The minimum Gasteiger partial charge on any atom is -0.348 e. The van der Waals surface area contributed by atoms with Crippen molar-refractivity contribution in [2.75, 3.05) is 5.32 Å². The molecule has 0 aliphatic carbocycles. The van der Waals surface area contributed by atoms with Gasteiger partial charge >= 0.3 is 0 Å². The van der Waals surface area contributed by atoms with Gasteiger partial charge in [-0.25, -0.2) is 15.0 Å². The van der Waals surface area contributed by atoms with E-state index in [-0.39, 0.29) is 0 Å². The number of aromatic nitrogens is 3. The van der Waals surface area contributed by atoms with Crippen LogP contribution in [0.4, 0.5) is 5.95 Å². The first-order chi connectivity index (χ1) is 8.81. The molecule has 0 fully saturated rings. The number of rotatable bonds is 3. The summed E-state index contributed by atoms with van der Waals surface area (Å²) < 4.78 is 0. The fourth-order valence-electron chi connectivity index (χ4n) is 1.70. The van der Waals surface area contributed by atoms with Crippen molar-refractivity contribution in [2.45, 2.75) is 13.5 Å². The molecule has 2 heterocycles. The number of aryl methyl sites for hydroxylation is 1. The summed E-state index contributed by atoms with van der Waals surface area (Å²) in [5.41, 5.74) is 0.949. The minimum absolute atomic E-state index is 0.640. The van der Waals surface area contributed by atoms with E-state index in [1.807, 2.05) is 43.6 Å². The first-order valence-electron chi connectivity index (χ1n) is 5.68. The molecule has 0 spiro atoms. The van der Waals surface area contributed by atoms with E-state index in [0.717, 1.165) is 15.9 Å². The number of hydrogen-bond donors (Lipinski definition) is 1. The van der Waals surface area contributed by atoms with E-state index in [0.29, 0.717) is 12.5 Å². The summed E-state index contributed by atoms with van der Waals surface area (Å²) in [4.78, 5) is 14.2. The summed E-state index contributed by atoms with van der Waals surface area (Å²) >= 11 is 1.68. The monoisotopic (exact) mass is 256 g/mol. The summed E-state index contributed by atoms with van der Waals surface area (Å²) in [6, 6.07) is 7.94. The molecule has 18 heavy (non-hydrogen) atoms. The van der Waals surface area contributed by atoms with Crippen molar-refractivity contribution in [3.05, 3.63) is 46.5 Å². The number of benzene rings is 1. The molecule has 4 nitrogen and oxygen atoms in total. The Bertz CT molecular complexity index is 677. The van der Waals surface area contributed by atoms with E-state index in [2.05, 4.69) is 20.3 Å². The predicted octanol–water partition coefficient (Wildman–Crippen LogP) is 3.01. The molecule has 3 rings (SSSR count). The van der Waals surface area contributed by atoms with Crippen molar-refractivity contribution in [2.24, 2.45) is 0 Å². The van der Waals surface area contributed by atoms with Crippen LogP contribution in [0.1, 0.15) is 9.88 Å². The topological polar surface area (TPSA) is 50.7 Å². The molecule has 2 aromatic heterocycles. The van der Waals surface area contributed by atoms with E-state index < -0.39 is 0 Å². The van der Waals surface area contributed by atoms with Crippen LogP contribution in [0.2, 0.25) is 0 Å². The summed E-state index contributed by atoms with van der Waals surface area (Å²) in [5, 5.41) is 5.29. The zero-order valence-corrected chi connectivity index (χ0v) is 10.7. The zero-order chi connectivity index (χ0) is 12.4. The second-order valence-electron chi connectivity index (χ2n) is 3.97. The highest BCUT2D eigenvalue weighted by molar-refractivity contribution is 7.11. The van der Waals surface area contributed by atoms with Crippen LogP contribution in [0.15, 0.2) is 36.7 Å². The fourth-order valence-corrected chi connectivity index (χ4v) is 2.42. The minimum atomic E-state index is 0.640. The van der Waals surface area contributed by atoms with Crippen molar-refractivity contribution < 1.29 is 0 Å². The zero-order valence-electron chi connectivity index (χ0n) is 9.92. The lowest BCUT2D eigenvalue weighted by atomic mass is 10.2. The predicted molar refractivity (Wildman–Crippen MR) is 73.7 cm³/mol. The Morgan fingerprint density at radius 1 is 1.17 bits per heavy atom. The molecule has 0 bridgehead atoms. The summed E-state index contributed by atoms with van der Waals surface area (Å²) in [5.74, 6) is 0.640. The molecule has 0 saturated heterocycles. The molecule has 0 saturated carbocycles. The first-order valence-corrected chi connectivity index (χ1v) is 6.50. The number of nitrogens with zero attached hydrogens (tertiary/aromatic N) is 3. The van der Waals surface area contributed by atoms with E-state index in [9.17, 15) is 0 Å². The summed E-state index contributed by atoms with van der Waals surface area (Å²) in [6.45, 7) is 2.71. The number of para-hydroxylation sites is 1. The van der Waals surface area contributed by atoms with Gasteiger partial charge in [0.15, 0.2) is 0 Å². The van der Waals surface area contributed by atoms with Gasteiger partial charge in [0.25, 0.3) is 0 Å². The average Bonchev–Trinajstić information content (AvgIpc) is 2.82. The van der Waals surface area contributed by atoms with Crippen LogP contribution in [0, 0.1) is 6.92 Å². The Balaban J connectivity index is 1.78. The average molecular weight is 256 g/mol. The van der Waals surface area contributed by atoms with Gasteiger partial charge in [0.05, 0.1) is 12.1 Å². The van der Waals surface area contributed by atoms with Gasteiger partial charge in [0.1, 0.15) is 5.01 Å². The fraction of sp³-hybridized carbons (Fsp3) is 0.154. The highest BCUT2D eigenvalue weighted by Gasteiger charge is 2.01. The first kappa shape index (κ1) is 11.1. The molecular formula is C13H12N4S. The lowest BCUT2D eigenvalue weighted by Crippen LogP contribution is -2.02. The van der Waals surface area contributed by atoms with Crippen LogP contribution in [0.25, 0.3) is 10.9 Å². The van der Waals surface area contributed by atoms with Crippen molar-refractivity contribution >= 4 is 28.2 Å². The van der Waals surface area contributed by atoms with Crippen molar-refractivity contribution in [1.82, 2.24) is 15.0 Å². The van der Waals surface area contributed by atoms with Crippen LogP contribution in [-0.2, 0) is 6.54 Å². The van der Waals surface area contributed by atoms with Crippen LogP contribution in [0.5, 0.6) is 0 Å². The quantitative estimate of drug-likeness (QED) is 0.782. The second-order valence-corrected chi connectivity index (χ2v) is 5.29. The Kier molecular flexibility index (Phi) is 2.90. The Labute approximate surface area is 109 Å². The molecule has 0 aliphatic heterocycles. The van der Waals surface area contributed by atoms with Gasteiger partial charge in [-0.1, -0.05) is 18.2 Å². The van der Waals surface area contributed by atoms with Gasteiger partial charge in [-0.2, -0.15) is 0 Å². The molecule has 0 amide bonds. The maximum absolute atomic E-state index is 4.45. The maximum Gasteiger partial charge on any atom is 0.223 e. The van der Waals surface area contributed by atoms with Gasteiger partial charge in [-0.05, 0) is 13.0 Å². The summed E-state index contributed by atoms with van der Waals surface area (Å²) in [7, 11) is 0. The van der Waals surface area contributed by atoms with Crippen LogP contribution < -0.4 is 5.32 Å². The van der Waals surface area contributed by atoms with Gasteiger partial charge in [0, 0.05) is 22.7 Å². The molecular weight excluding hydrogens is 244 g/mol. The van der Waals surface area contributed by atoms with Crippen LogP contribution in [-0.4, -0.2) is 15.0 Å². The number of thiazole rings is 1. The van der Waals surface area contributed by atoms with Gasteiger partial charge in [0.2, 0.25) is 5.95 Å². The Morgan fingerprint density at radius 2 is 2.06 bits per heavy atom. The highest BCUT2D eigenvalue weighted by Crippen LogP contribution is 2.14. The van der Waals surface area contributed by atoms with Crippen molar-refractivity contribution in [1.29, 1.82) is 0 Å². The molecule has 1 aromatic carbocycles. The smallest absolute Gasteiger partial charge is 0.223 e. The highest BCUT2D eigenvalue weighted by atomic mass is 32.1. The molecule has 5 heteroatoms. The third kappa shape index (κ3) is 2.31. The van der Waals surface area contributed by atoms with Crippen molar-refractivity contribution in [3.8, 4) is 0 Å². The molecule has 0 radical (unpaired) electrons. The van der Waals surface area contributed by atoms with Gasteiger partial charge in [-0.15, -0.1) is 11.3 Å². The number of fused-ring (bicyclic) bond motifs is 1. The molecule has 3 aromatic rings. The standard InChI is InChI=1S/C13H12N4S/c1-9-6-14-12(18-9)8-16-13-15-7-10-4-2-3-5-11(10)17-13/h2-7H,8H2,1H3,(H,15,16,17). The Hall–Kier alpha value is -2.01. The third-order valence-electron chi connectivity index (χ3n) is 2.56. The third-order valence-corrected chi connectivity index (χ3v) is 3.47. The number of nitrogens with one attached hydrogen (secondary N) is 1. The van der Waals surface area contributed by atoms with Crippen molar-refractivity contribution in [3.63, 3.8) is 0 Å². The maximum atomic E-state index is 4.45. The molecule has 0 aliphatic rings. The van der Waals surface area contributed by atoms with E-state index >= 15 is 0 Å². The van der Waals surface area contributed by atoms with E-state index in [1.54, 1.807) is 11.3 Å². The molecule has 1 N–H and O–H groups in total. The summed E-state index contributed by atoms with van der Waals surface area (Å²) in [6.07, 6.45) is 3.71. The lowest BCUT2D eigenvalue weighted by molar-refractivity contribution is 1.05. The largest absolute Gasteiger partial charge is 0.348 e. The number of hydrogen-bond acceptors (Lipinski definition) is 5. The van der Waals surface area contributed by atoms with E-state index in [4.69, 9.17) is 0 Å². The second kappa shape index (κ2) is 4.70. The number of anilines is 1. The lowest BCUT2D eigenvalue weighted by Gasteiger charge is -2.03. The Morgan fingerprint density at radius 3 is 2.89 bits per heavy atom.